The van der Waals surface area contributed by atoms with Crippen LogP contribution in [0, 0.1) is 10.1 Å². The van der Waals surface area contributed by atoms with Crippen LogP contribution in [-0.4, -0.2) is 10.0 Å². The highest BCUT2D eigenvalue weighted by atomic mass is 16.6. The van der Waals surface area contributed by atoms with Gasteiger partial charge in [0, 0.05) is 18.2 Å². The third-order valence-electron chi connectivity index (χ3n) is 2.58. The van der Waals surface area contributed by atoms with E-state index in [9.17, 15) is 14.9 Å². The predicted octanol–water partition coefficient (Wildman–Crippen LogP) is 1.62. The van der Waals surface area contributed by atoms with Crippen molar-refractivity contribution in [1.82, 2.24) is 0 Å². The summed E-state index contributed by atoms with van der Waals surface area (Å²) in [6.07, 6.45) is 1.17. The average Bonchev–Trinajstić information content (AvgIpc) is 2.46. The molecule has 0 unspecified atom stereocenters. The summed E-state index contributed by atoms with van der Waals surface area (Å²) in [6.45, 7) is -0.411. The lowest BCUT2D eigenvalue weighted by Gasteiger charge is -2.07. The van der Waals surface area contributed by atoms with Crippen molar-refractivity contribution in [2.24, 2.45) is 0 Å². The Labute approximate surface area is 113 Å². The fraction of sp³-hybridized carbons (Fsp3) is 0.154. The fourth-order valence-corrected chi connectivity index (χ4v) is 1.57. The standard InChI is InChI=1S/C13H11NO6/c15-7-12-13(11(16)5-6-19-12)20-8-9-1-3-10(4-2-9)14(17)18/h1-6,15H,7-8H2. The second-order valence-electron chi connectivity index (χ2n) is 3.91. The van der Waals surface area contributed by atoms with Crippen LogP contribution in [0.2, 0.25) is 0 Å². The van der Waals surface area contributed by atoms with Crippen LogP contribution in [0.25, 0.3) is 0 Å². The zero-order chi connectivity index (χ0) is 14.5. The molecule has 1 aromatic carbocycles. The van der Waals surface area contributed by atoms with Crippen molar-refractivity contribution in [3.63, 3.8) is 0 Å². The molecular weight excluding hydrogens is 266 g/mol. The molecule has 0 atom stereocenters. The first-order valence-electron chi connectivity index (χ1n) is 5.69. The molecule has 0 aliphatic carbocycles. The summed E-state index contributed by atoms with van der Waals surface area (Å²) in [5, 5.41) is 19.6. The van der Waals surface area contributed by atoms with E-state index in [4.69, 9.17) is 14.3 Å². The number of ether oxygens (including phenoxy) is 1. The predicted molar refractivity (Wildman–Crippen MR) is 68.3 cm³/mol. The van der Waals surface area contributed by atoms with Gasteiger partial charge < -0.3 is 14.3 Å². The van der Waals surface area contributed by atoms with Gasteiger partial charge in [0.05, 0.1) is 11.2 Å². The molecule has 7 heteroatoms. The SMILES string of the molecule is O=c1ccoc(CO)c1OCc1ccc([N+](=O)[O-])cc1. The molecule has 0 radical (unpaired) electrons. The Morgan fingerprint density at radius 1 is 1.25 bits per heavy atom. The van der Waals surface area contributed by atoms with Crippen LogP contribution in [0.5, 0.6) is 5.75 Å². The Morgan fingerprint density at radius 2 is 1.95 bits per heavy atom. The number of hydrogen-bond acceptors (Lipinski definition) is 6. The van der Waals surface area contributed by atoms with Crippen molar-refractivity contribution in [1.29, 1.82) is 0 Å². The number of non-ortho nitro benzene ring substituents is 1. The Morgan fingerprint density at radius 3 is 2.55 bits per heavy atom. The first-order chi connectivity index (χ1) is 9.61. The van der Waals surface area contributed by atoms with Crippen LogP contribution >= 0.6 is 0 Å². The topological polar surface area (TPSA) is 103 Å². The van der Waals surface area contributed by atoms with E-state index in [0.717, 1.165) is 0 Å². The number of rotatable bonds is 5. The molecule has 0 amide bonds. The molecule has 7 nitrogen and oxygen atoms in total. The number of nitro groups is 1. The van der Waals surface area contributed by atoms with Gasteiger partial charge in [0.1, 0.15) is 13.2 Å². The first-order valence-corrected chi connectivity index (χ1v) is 5.69. The number of aliphatic hydroxyl groups excluding tert-OH is 1. The highest BCUT2D eigenvalue weighted by Crippen LogP contribution is 2.16. The minimum Gasteiger partial charge on any atom is -0.482 e. The molecule has 0 fully saturated rings. The smallest absolute Gasteiger partial charge is 0.269 e. The zero-order valence-electron chi connectivity index (χ0n) is 10.3. The molecule has 0 saturated carbocycles. The van der Waals surface area contributed by atoms with Crippen molar-refractivity contribution in [2.45, 2.75) is 13.2 Å². The highest BCUT2D eigenvalue weighted by Gasteiger charge is 2.10. The summed E-state index contributed by atoms with van der Waals surface area (Å²) >= 11 is 0. The van der Waals surface area contributed by atoms with Gasteiger partial charge in [0.25, 0.3) is 5.69 Å². The molecule has 104 valence electrons. The monoisotopic (exact) mass is 277 g/mol. The van der Waals surface area contributed by atoms with Gasteiger partial charge in [-0.1, -0.05) is 0 Å². The van der Waals surface area contributed by atoms with Crippen LogP contribution in [0.1, 0.15) is 11.3 Å². The number of nitrogens with zero attached hydrogens (tertiary/aromatic N) is 1. The van der Waals surface area contributed by atoms with Crippen LogP contribution in [0.3, 0.4) is 0 Å². The van der Waals surface area contributed by atoms with E-state index in [1.165, 1.54) is 36.6 Å². The maximum Gasteiger partial charge on any atom is 0.269 e. The summed E-state index contributed by atoms with van der Waals surface area (Å²) < 4.78 is 10.3. The second kappa shape index (κ2) is 5.98. The van der Waals surface area contributed by atoms with Crippen LogP contribution < -0.4 is 10.2 Å². The third kappa shape index (κ3) is 3.01. The Balaban J connectivity index is 2.13. The Bertz CT molecular complexity index is 661. The maximum absolute atomic E-state index is 11.6. The minimum absolute atomic E-state index is 0.0241. The number of nitro benzene ring substituents is 1. The van der Waals surface area contributed by atoms with Gasteiger partial charge in [-0.3, -0.25) is 14.9 Å². The van der Waals surface area contributed by atoms with Gasteiger partial charge in [-0.2, -0.15) is 0 Å². The van der Waals surface area contributed by atoms with Crippen LogP contribution in [-0.2, 0) is 13.2 Å². The molecule has 2 rings (SSSR count). The van der Waals surface area contributed by atoms with Gasteiger partial charge in [-0.25, -0.2) is 0 Å². The Hall–Kier alpha value is -2.67. The number of hydrogen-bond donors (Lipinski definition) is 1. The zero-order valence-corrected chi connectivity index (χ0v) is 10.3. The number of aliphatic hydroxyl groups is 1. The molecule has 1 N–H and O–H groups in total. The van der Waals surface area contributed by atoms with E-state index in [0.29, 0.717) is 5.56 Å². The lowest BCUT2D eigenvalue weighted by molar-refractivity contribution is -0.384. The summed E-state index contributed by atoms with van der Waals surface area (Å²) in [5.74, 6) is -0.0206. The molecule has 0 bridgehead atoms. The maximum atomic E-state index is 11.6. The molecule has 0 spiro atoms. The second-order valence-corrected chi connectivity index (χ2v) is 3.91. The molecule has 0 saturated heterocycles. The van der Waals surface area contributed by atoms with Crippen LogP contribution in [0.15, 0.2) is 45.8 Å². The first kappa shape index (κ1) is 13.8. The van der Waals surface area contributed by atoms with Crippen molar-refractivity contribution in [3.8, 4) is 5.75 Å². The fourth-order valence-electron chi connectivity index (χ4n) is 1.57. The summed E-state index contributed by atoms with van der Waals surface area (Å²) in [6, 6.07) is 6.94. The van der Waals surface area contributed by atoms with E-state index in [1.807, 2.05) is 0 Å². The van der Waals surface area contributed by atoms with Crippen molar-refractivity contribution in [3.05, 3.63) is 68.3 Å². The molecule has 0 aliphatic rings. The van der Waals surface area contributed by atoms with E-state index in [2.05, 4.69) is 0 Å². The van der Waals surface area contributed by atoms with E-state index in [1.54, 1.807) is 0 Å². The van der Waals surface area contributed by atoms with Crippen LogP contribution in [0.4, 0.5) is 5.69 Å². The molecule has 1 heterocycles. The van der Waals surface area contributed by atoms with E-state index < -0.39 is 17.0 Å². The molecule has 0 aliphatic heterocycles. The third-order valence-corrected chi connectivity index (χ3v) is 2.58. The quantitative estimate of drug-likeness (QED) is 0.658. The molecular formula is C13H11NO6. The lowest BCUT2D eigenvalue weighted by atomic mass is 10.2. The molecule has 1 aromatic heterocycles. The minimum atomic E-state index is -0.500. The van der Waals surface area contributed by atoms with Gasteiger partial charge in [0.2, 0.25) is 11.2 Å². The normalized spacial score (nSPS) is 10.2. The van der Waals surface area contributed by atoms with Gasteiger partial charge in [-0.05, 0) is 17.7 Å². The van der Waals surface area contributed by atoms with E-state index in [-0.39, 0.29) is 23.8 Å². The number of benzene rings is 1. The average molecular weight is 277 g/mol. The van der Waals surface area contributed by atoms with Gasteiger partial charge in [-0.15, -0.1) is 0 Å². The molecule has 2 aromatic rings. The summed E-state index contributed by atoms with van der Waals surface area (Å²) in [4.78, 5) is 21.6. The van der Waals surface area contributed by atoms with Crippen molar-refractivity contribution >= 4 is 5.69 Å². The van der Waals surface area contributed by atoms with Gasteiger partial charge in [0.15, 0.2) is 5.76 Å². The lowest BCUT2D eigenvalue weighted by Crippen LogP contribution is -2.09. The summed E-state index contributed by atoms with van der Waals surface area (Å²) in [7, 11) is 0. The van der Waals surface area contributed by atoms with Gasteiger partial charge >= 0.3 is 0 Å². The Kier molecular flexibility index (Phi) is 4.11. The van der Waals surface area contributed by atoms with Crippen molar-refractivity contribution in [2.75, 3.05) is 0 Å². The highest BCUT2D eigenvalue weighted by molar-refractivity contribution is 5.33. The van der Waals surface area contributed by atoms with Crippen molar-refractivity contribution < 1.29 is 19.2 Å². The van der Waals surface area contributed by atoms with E-state index >= 15 is 0 Å². The summed E-state index contributed by atoms with van der Waals surface area (Å²) in [5.41, 5.74) is 0.231. The largest absolute Gasteiger partial charge is 0.482 e. The molecule has 20 heavy (non-hydrogen) atoms.